The van der Waals surface area contributed by atoms with Gasteiger partial charge in [0.25, 0.3) is 0 Å². The molecule has 0 amide bonds. The van der Waals surface area contributed by atoms with E-state index >= 15 is 0 Å². The molecule has 0 aromatic heterocycles. The van der Waals surface area contributed by atoms with Crippen molar-refractivity contribution < 1.29 is 4.79 Å². The van der Waals surface area contributed by atoms with Crippen LogP contribution in [0, 0.1) is 0 Å². The van der Waals surface area contributed by atoms with Crippen LogP contribution in [0.1, 0.15) is 30.1 Å². The highest BCUT2D eigenvalue weighted by Crippen LogP contribution is 2.24. The molecule has 0 aliphatic carbocycles. The molecule has 0 radical (unpaired) electrons. The first-order valence-electron chi connectivity index (χ1n) is 4.69. The predicted octanol–water partition coefficient (Wildman–Crippen LogP) is 4.74. The minimum Gasteiger partial charge on any atom is -0.293 e. The van der Waals surface area contributed by atoms with Crippen molar-refractivity contribution >= 4 is 44.9 Å². The van der Waals surface area contributed by atoms with E-state index in [2.05, 4.69) is 15.9 Å². The van der Waals surface area contributed by atoms with Crippen molar-refractivity contribution in [3.05, 3.63) is 33.8 Å². The summed E-state index contributed by atoms with van der Waals surface area (Å²) in [4.78, 5) is 11.7. The Hall–Kier alpha value is -0.0500. The molecule has 0 bridgehead atoms. The molecule has 4 heteroatoms. The minimum absolute atomic E-state index is 0.0125. The second kappa shape index (κ2) is 5.88. The molecule has 1 aromatic rings. The van der Waals surface area contributed by atoms with E-state index in [1.54, 1.807) is 18.2 Å². The van der Waals surface area contributed by atoms with Crippen LogP contribution in [0.25, 0.3) is 0 Å². The number of rotatable bonds is 4. The number of alkyl halides is 1. The molecule has 1 atom stereocenters. The molecule has 0 saturated carbocycles. The molecule has 0 fully saturated rings. The summed E-state index contributed by atoms with van der Waals surface area (Å²) in [5.74, 6) is 0.0125. The normalized spacial score (nSPS) is 12.5. The van der Waals surface area contributed by atoms with Gasteiger partial charge in [-0.3, -0.25) is 4.79 Å². The van der Waals surface area contributed by atoms with Crippen LogP contribution in [0.15, 0.2) is 18.2 Å². The Morgan fingerprint density at radius 3 is 2.67 bits per heavy atom. The summed E-state index contributed by atoms with van der Waals surface area (Å²) in [7, 11) is 0. The van der Waals surface area contributed by atoms with Crippen LogP contribution >= 0.6 is 39.1 Å². The average molecular weight is 310 g/mol. The molecule has 1 rings (SSSR count). The van der Waals surface area contributed by atoms with Crippen molar-refractivity contribution in [2.75, 3.05) is 0 Å². The zero-order chi connectivity index (χ0) is 11.4. The number of hydrogen-bond acceptors (Lipinski definition) is 1. The maximum Gasteiger partial charge on any atom is 0.177 e. The molecule has 0 aliphatic rings. The quantitative estimate of drug-likeness (QED) is 0.580. The number of carbonyl (C=O) groups is 1. The summed E-state index contributed by atoms with van der Waals surface area (Å²) in [6.45, 7) is 2.03. The first kappa shape index (κ1) is 13.0. The highest BCUT2D eigenvalue weighted by Gasteiger charge is 2.18. The van der Waals surface area contributed by atoms with Gasteiger partial charge in [-0.1, -0.05) is 52.5 Å². The Morgan fingerprint density at radius 1 is 1.47 bits per heavy atom. The third-order valence-corrected chi connectivity index (χ3v) is 3.44. The highest BCUT2D eigenvalue weighted by molar-refractivity contribution is 9.10. The molecule has 1 aromatic carbocycles. The van der Waals surface area contributed by atoms with Crippen molar-refractivity contribution in [2.45, 2.75) is 24.6 Å². The molecule has 0 aliphatic heterocycles. The highest BCUT2D eigenvalue weighted by atomic mass is 79.9. The number of halogens is 3. The van der Waals surface area contributed by atoms with E-state index in [1.165, 1.54) is 0 Å². The summed E-state index contributed by atoms with van der Waals surface area (Å²) < 4.78 is 0. The molecular weight excluding hydrogens is 299 g/mol. The molecule has 1 unspecified atom stereocenters. The van der Waals surface area contributed by atoms with Crippen molar-refractivity contribution in [3.8, 4) is 0 Å². The lowest BCUT2D eigenvalue weighted by Gasteiger charge is -2.08. The van der Waals surface area contributed by atoms with Crippen LogP contribution in [0.2, 0.25) is 10.0 Å². The Labute approximate surface area is 108 Å². The number of carbonyl (C=O) groups excluding carboxylic acids is 1. The van der Waals surface area contributed by atoms with Gasteiger partial charge in [-0.25, -0.2) is 0 Å². The van der Waals surface area contributed by atoms with Gasteiger partial charge in [0.2, 0.25) is 0 Å². The number of benzene rings is 1. The van der Waals surface area contributed by atoms with Crippen LogP contribution in [-0.2, 0) is 0 Å². The van der Waals surface area contributed by atoms with Gasteiger partial charge in [-0.15, -0.1) is 0 Å². The van der Waals surface area contributed by atoms with Gasteiger partial charge in [0.05, 0.1) is 9.85 Å². The van der Waals surface area contributed by atoms with E-state index in [4.69, 9.17) is 23.2 Å². The molecule has 0 heterocycles. The zero-order valence-corrected chi connectivity index (χ0v) is 11.4. The topological polar surface area (TPSA) is 17.1 Å². The molecule has 0 saturated heterocycles. The summed E-state index contributed by atoms with van der Waals surface area (Å²) in [6.07, 6.45) is 1.75. The largest absolute Gasteiger partial charge is 0.293 e. The van der Waals surface area contributed by atoms with Gasteiger partial charge in [0.1, 0.15) is 0 Å². The average Bonchev–Trinajstić information content (AvgIpc) is 2.17. The van der Waals surface area contributed by atoms with Crippen LogP contribution in [-0.4, -0.2) is 10.6 Å². The van der Waals surface area contributed by atoms with Crippen molar-refractivity contribution in [1.29, 1.82) is 0 Å². The zero-order valence-electron chi connectivity index (χ0n) is 8.27. The number of ketones is 1. The Kier molecular flexibility index (Phi) is 5.10. The maximum atomic E-state index is 11.9. The standard InChI is InChI=1S/C11H11BrCl2O/c1-2-3-9(12)11(15)8-5-4-7(13)6-10(8)14/h4-6,9H,2-3H2,1H3. The second-order valence-corrected chi connectivity index (χ2v) is 5.19. The lowest BCUT2D eigenvalue weighted by molar-refractivity contribution is 0.0988. The minimum atomic E-state index is -0.166. The molecule has 0 spiro atoms. The maximum absolute atomic E-state index is 11.9. The summed E-state index contributed by atoms with van der Waals surface area (Å²) in [5.41, 5.74) is 0.524. The van der Waals surface area contributed by atoms with Gasteiger partial charge >= 0.3 is 0 Å². The smallest absolute Gasteiger partial charge is 0.177 e. The summed E-state index contributed by atoms with van der Waals surface area (Å²) >= 11 is 15.0. The third-order valence-electron chi connectivity index (χ3n) is 2.02. The van der Waals surface area contributed by atoms with Crippen molar-refractivity contribution in [3.63, 3.8) is 0 Å². The van der Waals surface area contributed by atoms with Crippen LogP contribution in [0.5, 0.6) is 0 Å². The summed E-state index contributed by atoms with van der Waals surface area (Å²) in [6, 6.07) is 4.92. The number of hydrogen-bond donors (Lipinski definition) is 0. The van der Waals surface area contributed by atoms with Crippen LogP contribution in [0.3, 0.4) is 0 Å². The SMILES string of the molecule is CCCC(Br)C(=O)c1ccc(Cl)cc1Cl. The van der Waals surface area contributed by atoms with Gasteiger partial charge < -0.3 is 0 Å². The molecule has 0 N–H and O–H groups in total. The lowest BCUT2D eigenvalue weighted by atomic mass is 10.1. The van der Waals surface area contributed by atoms with Gasteiger partial charge in [0.15, 0.2) is 5.78 Å². The fraction of sp³-hybridized carbons (Fsp3) is 0.364. The first-order valence-corrected chi connectivity index (χ1v) is 6.36. The van der Waals surface area contributed by atoms with Crippen molar-refractivity contribution in [1.82, 2.24) is 0 Å². The van der Waals surface area contributed by atoms with Crippen LogP contribution < -0.4 is 0 Å². The predicted molar refractivity (Wildman–Crippen MR) is 68.4 cm³/mol. The van der Waals surface area contributed by atoms with E-state index < -0.39 is 0 Å². The fourth-order valence-electron chi connectivity index (χ4n) is 1.24. The Bertz CT molecular complexity index is 366. The monoisotopic (exact) mass is 308 g/mol. The van der Waals surface area contributed by atoms with E-state index in [0.717, 1.165) is 12.8 Å². The molecular formula is C11H11BrCl2O. The summed E-state index contributed by atoms with van der Waals surface area (Å²) in [5, 5.41) is 0.950. The van der Waals surface area contributed by atoms with E-state index in [0.29, 0.717) is 15.6 Å². The van der Waals surface area contributed by atoms with Crippen LogP contribution in [0.4, 0.5) is 0 Å². The van der Waals surface area contributed by atoms with E-state index in [1.807, 2.05) is 6.92 Å². The molecule has 1 nitrogen and oxygen atoms in total. The third kappa shape index (κ3) is 3.47. The number of Topliss-reactive ketones (excluding diaryl/α,β-unsaturated/α-hetero) is 1. The van der Waals surface area contributed by atoms with Crippen molar-refractivity contribution in [2.24, 2.45) is 0 Å². The van der Waals surface area contributed by atoms with E-state index in [-0.39, 0.29) is 10.6 Å². The fourth-order valence-corrected chi connectivity index (χ4v) is 2.45. The molecule has 82 valence electrons. The Balaban J connectivity index is 2.91. The van der Waals surface area contributed by atoms with Gasteiger partial charge in [-0.05, 0) is 24.6 Å². The van der Waals surface area contributed by atoms with Gasteiger partial charge in [-0.2, -0.15) is 0 Å². The molecule has 15 heavy (non-hydrogen) atoms. The lowest BCUT2D eigenvalue weighted by Crippen LogP contribution is -2.14. The van der Waals surface area contributed by atoms with E-state index in [9.17, 15) is 4.79 Å². The Morgan fingerprint density at radius 2 is 2.13 bits per heavy atom. The second-order valence-electron chi connectivity index (χ2n) is 3.24. The van der Waals surface area contributed by atoms with Gasteiger partial charge in [0, 0.05) is 10.6 Å². The first-order chi connectivity index (χ1) is 7.06.